The maximum atomic E-state index is 13.4. The average Bonchev–Trinajstić information content (AvgIpc) is 3.79. The number of nitrogens with one attached hydrogen (secondary N) is 2. The molecule has 1 aromatic heterocycles. The van der Waals surface area contributed by atoms with Gasteiger partial charge in [-0.15, -0.1) is 0 Å². The van der Waals surface area contributed by atoms with Gasteiger partial charge in [0.1, 0.15) is 11.3 Å². The first-order valence-electron chi connectivity index (χ1n) is 13.3. The lowest BCUT2D eigenvalue weighted by Gasteiger charge is -2.37. The van der Waals surface area contributed by atoms with Gasteiger partial charge in [-0.3, -0.25) is 14.3 Å². The number of benzene rings is 1. The summed E-state index contributed by atoms with van der Waals surface area (Å²) >= 11 is 0. The molecule has 13 heteroatoms. The van der Waals surface area contributed by atoms with Gasteiger partial charge in [0.15, 0.2) is 0 Å². The summed E-state index contributed by atoms with van der Waals surface area (Å²) in [5, 5.41) is 6.83. The Morgan fingerprint density at radius 1 is 1.18 bits per heavy atom. The van der Waals surface area contributed by atoms with Crippen LogP contribution in [0, 0.1) is 5.92 Å². The molecule has 40 heavy (non-hydrogen) atoms. The largest absolute Gasteiger partial charge is 0.494 e. The van der Waals surface area contributed by atoms with Gasteiger partial charge < -0.3 is 10.1 Å². The standard InChI is InChI=1S/C27H31F3N4O5S/c1-26(18-5-7-19(8-6-18)39-14-2-12-27(28,29)30)15-21(22-11-13-34(32-22)16-17-3-4-17)23(24(35)31-26)25(36)33-40(37,38)20-9-10-20/h5-8,11,13,17,20H,2-4,9-10,12,14-16H2,1H3,(H,31,35)(H,33,36). The van der Waals surface area contributed by atoms with Gasteiger partial charge in [-0.2, -0.15) is 18.3 Å². The predicted molar refractivity (Wildman–Crippen MR) is 139 cm³/mol. The van der Waals surface area contributed by atoms with E-state index < -0.39 is 45.2 Å². The van der Waals surface area contributed by atoms with Gasteiger partial charge >= 0.3 is 6.18 Å². The Morgan fingerprint density at radius 3 is 2.50 bits per heavy atom. The van der Waals surface area contributed by atoms with Gasteiger partial charge in [0.25, 0.3) is 11.8 Å². The highest BCUT2D eigenvalue weighted by atomic mass is 32.2. The molecule has 2 heterocycles. The molecule has 1 aromatic carbocycles. The number of hydrogen-bond donors (Lipinski definition) is 2. The smallest absolute Gasteiger partial charge is 0.389 e. The molecule has 9 nitrogen and oxygen atoms in total. The molecule has 5 rings (SSSR count). The van der Waals surface area contributed by atoms with E-state index in [2.05, 4.69) is 15.1 Å². The zero-order valence-corrected chi connectivity index (χ0v) is 22.8. The zero-order chi connectivity index (χ0) is 28.7. The first-order valence-corrected chi connectivity index (χ1v) is 14.8. The molecule has 0 bridgehead atoms. The third-order valence-corrected chi connectivity index (χ3v) is 9.15. The van der Waals surface area contributed by atoms with E-state index in [0.717, 1.165) is 19.4 Å². The molecule has 2 saturated carbocycles. The third kappa shape index (κ3) is 6.68. The Balaban J connectivity index is 1.39. The number of sulfonamides is 1. The Bertz CT molecular complexity index is 1430. The molecule has 2 aliphatic carbocycles. The molecular formula is C27H31F3N4O5S. The van der Waals surface area contributed by atoms with E-state index in [9.17, 15) is 31.2 Å². The van der Waals surface area contributed by atoms with Gasteiger partial charge in [-0.25, -0.2) is 13.1 Å². The molecule has 1 atom stereocenters. The molecule has 216 valence electrons. The molecule has 0 radical (unpaired) electrons. The van der Waals surface area contributed by atoms with Crippen molar-refractivity contribution in [3.05, 3.63) is 53.4 Å². The van der Waals surface area contributed by atoms with E-state index in [1.54, 1.807) is 48.1 Å². The summed E-state index contributed by atoms with van der Waals surface area (Å²) in [5.74, 6) is -0.781. The number of alkyl halides is 3. The number of ether oxygens (including phenoxy) is 1. The van der Waals surface area contributed by atoms with Crippen molar-refractivity contribution < 1.29 is 35.9 Å². The molecule has 1 unspecified atom stereocenters. The van der Waals surface area contributed by atoms with Crippen LogP contribution in [-0.2, 0) is 31.7 Å². The highest BCUT2D eigenvalue weighted by Crippen LogP contribution is 2.39. The van der Waals surface area contributed by atoms with Gasteiger partial charge in [-0.1, -0.05) is 12.1 Å². The molecule has 2 fully saturated rings. The fraction of sp³-hybridized carbons (Fsp3) is 0.519. The number of carbonyl (C=O) groups excluding carboxylic acids is 2. The maximum absolute atomic E-state index is 13.4. The third-order valence-electron chi connectivity index (χ3n) is 7.33. The van der Waals surface area contributed by atoms with Crippen LogP contribution < -0.4 is 14.8 Å². The summed E-state index contributed by atoms with van der Waals surface area (Å²) < 4.78 is 71.3. The first-order chi connectivity index (χ1) is 18.8. The van der Waals surface area contributed by atoms with E-state index in [4.69, 9.17) is 4.74 Å². The number of hydrogen-bond acceptors (Lipinski definition) is 6. The lowest BCUT2D eigenvalue weighted by molar-refractivity contribution is -0.136. The van der Waals surface area contributed by atoms with Gasteiger partial charge in [0.05, 0.1) is 23.1 Å². The summed E-state index contributed by atoms with van der Waals surface area (Å²) in [6, 6.07) is 8.34. The highest BCUT2D eigenvalue weighted by molar-refractivity contribution is 7.91. The summed E-state index contributed by atoms with van der Waals surface area (Å²) in [6.07, 6.45) is -0.236. The van der Waals surface area contributed by atoms with E-state index in [1.807, 2.05) is 0 Å². The van der Waals surface area contributed by atoms with E-state index in [0.29, 0.717) is 41.3 Å². The fourth-order valence-corrected chi connectivity index (χ4v) is 6.07. The summed E-state index contributed by atoms with van der Waals surface area (Å²) in [5.41, 5.74) is 0.143. The van der Waals surface area contributed by atoms with Crippen LogP contribution in [0.4, 0.5) is 13.2 Å². The van der Waals surface area contributed by atoms with Gasteiger partial charge in [0.2, 0.25) is 10.0 Å². The minimum absolute atomic E-state index is 0.0918. The van der Waals surface area contributed by atoms with Crippen LogP contribution in [0.2, 0.25) is 0 Å². The molecule has 2 N–H and O–H groups in total. The van der Waals surface area contributed by atoms with Crippen molar-refractivity contribution in [3.63, 3.8) is 0 Å². The van der Waals surface area contributed by atoms with Crippen LogP contribution >= 0.6 is 0 Å². The Labute approximate surface area is 230 Å². The quantitative estimate of drug-likeness (QED) is 0.308. The number of nitrogens with zero attached hydrogens (tertiary/aromatic N) is 2. The molecule has 0 saturated heterocycles. The Kier molecular flexibility index (Phi) is 7.45. The Morgan fingerprint density at radius 2 is 1.88 bits per heavy atom. The monoisotopic (exact) mass is 580 g/mol. The Hall–Kier alpha value is -3.35. The SMILES string of the molecule is CC1(c2ccc(OCCCC(F)(F)F)cc2)CC(c2ccn(CC3CC3)n2)=C(C(=O)NS(=O)(=O)C2CC2)C(=O)N1. The fourth-order valence-electron chi connectivity index (χ4n) is 4.78. The molecule has 2 amide bonds. The molecular weight excluding hydrogens is 549 g/mol. The minimum atomic E-state index is -4.24. The van der Waals surface area contributed by atoms with Crippen LogP contribution in [0.5, 0.6) is 5.75 Å². The number of carbonyl (C=O) groups is 2. The second-order valence-corrected chi connectivity index (χ2v) is 12.9. The predicted octanol–water partition coefficient (Wildman–Crippen LogP) is 3.81. The number of amides is 2. The van der Waals surface area contributed by atoms with Crippen molar-refractivity contribution in [2.75, 3.05) is 6.61 Å². The lowest BCUT2D eigenvalue weighted by atomic mass is 9.79. The van der Waals surface area contributed by atoms with E-state index in [-0.39, 0.29) is 25.0 Å². The average molecular weight is 581 g/mol. The van der Waals surface area contributed by atoms with Crippen LogP contribution in [0.1, 0.15) is 63.1 Å². The van der Waals surface area contributed by atoms with Gasteiger partial charge in [0, 0.05) is 31.2 Å². The zero-order valence-electron chi connectivity index (χ0n) is 22.0. The van der Waals surface area contributed by atoms with Crippen molar-refractivity contribution >= 4 is 27.4 Å². The van der Waals surface area contributed by atoms with Crippen LogP contribution in [0.15, 0.2) is 42.1 Å². The second-order valence-electron chi connectivity index (χ2n) is 11.0. The van der Waals surface area contributed by atoms with E-state index in [1.165, 1.54) is 0 Å². The molecule has 3 aliphatic rings. The molecule has 1 aliphatic heterocycles. The molecule has 2 aromatic rings. The topological polar surface area (TPSA) is 119 Å². The van der Waals surface area contributed by atoms with E-state index >= 15 is 0 Å². The van der Waals surface area contributed by atoms with Crippen LogP contribution in [-0.4, -0.2) is 48.0 Å². The van der Waals surface area contributed by atoms with Crippen LogP contribution in [0.3, 0.4) is 0 Å². The van der Waals surface area contributed by atoms with Crippen molar-refractivity contribution in [1.29, 1.82) is 0 Å². The van der Waals surface area contributed by atoms with Crippen molar-refractivity contribution in [3.8, 4) is 5.75 Å². The summed E-state index contributed by atoms with van der Waals surface area (Å²) in [7, 11) is -3.89. The number of rotatable bonds is 11. The van der Waals surface area contributed by atoms with Crippen molar-refractivity contribution in [2.45, 2.75) is 75.4 Å². The second kappa shape index (κ2) is 10.6. The van der Waals surface area contributed by atoms with Crippen molar-refractivity contribution in [2.24, 2.45) is 5.92 Å². The first kappa shape index (κ1) is 28.2. The minimum Gasteiger partial charge on any atom is -0.494 e. The normalized spacial score (nSPS) is 21.8. The molecule has 0 spiro atoms. The van der Waals surface area contributed by atoms with Crippen molar-refractivity contribution in [1.82, 2.24) is 19.8 Å². The highest BCUT2D eigenvalue weighted by Gasteiger charge is 2.43. The summed E-state index contributed by atoms with van der Waals surface area (Å²) in [4.78, 5) is 26.6. The lowest BCUT2D eigenvalue weighted by Crippen LogP contribution is -2.51. The van der Waals surface area contributed by atoms with Gasteiger partial charge in [-0.05, 0) is 68.7 Å². The number of halogens is 3. The van der Waals surface area contributed by atoms with Crippen LogP contribution in [0.25, 0.3) is 5.57 Å². The number of aromatic nitrogens is 2. The maximum Gasteiger partial charge on any atom is 0.389 e. The summed E-state index contributed by atoms with van der Waals surface area (Å²) in [6.45, 7) is 2.41.